The summed E-state index contributed by atoms with van der Waals surface area (Å²) >= 11 is 0. The Labute approximate surface area is 207 Å². The number of benzene rings is 2. The molecule has 0 amide bonds. The Hall–Kier alpha value is -2.75. The molecule has 0 spiro atoms. The second-order valence-electron chi connectivity index (χ2n) is 7.04. The zero-order valence-electron chi connectivity index (χ0n) is 19.1. The van der Waals surface area contributed by atoms with Crippen molar-refractivity contribution in [3.05, 3.63) is 71.8 Å². The Morgan fingerprint density at radius 1 is 1.09 bits per heavy atom. The van der Waals surface area contributed by atoms with Gasteiger partial charge in [0.1, 0.15) is 5.82 Å². The summed E-state index contributed by atoms with van der Waals surface area (Å²) < 4.78 is 13.2. The smallest absolute Gasteiger partial charge is 0.196 e. The van der Waals surface area contributed by atoms with Crippen molar-refractivity contribution in [2.45, 2.75) is 33.9 Å². The average Bonchev–Trinajstić information content (AvgIpc) is 3.18. The van der Waals surface area contributed by atoms with E-state index in [9.17, 15) is 0 Å². The van der Waals surface area contributed by atoms with E-state index in [-0.39, 0.29) is 24.0 Å². The van der Waals surface area contributed by atoms with Crippen molar-refractivity contribution in [2.75, 3.05) is 25.6 Å². The van der Waals surface area contributed by atoms with Gasteiger partial charge in [-0.15, -0.1) is 24.0 Å². The van der Waals surface area contributed by atoms with Crippen molar-refractivity contribution in [3.8, 4) is 11.5 Å². The van der Waals surface area contributed by atoms with Crippen LogP contribution < -0.4 is 20.1 Å². The molecule has 7 nitrogen and oxygen atoms in total. The summed E-state index contributed by atoms with van der Waals surface area (Å²) in [7, 11) is 1.64. The van der Waals surface area contributed by atoms with Crippen molar-refractivity contribution in [2.24, 2.45) is 4.99 Å². The Bertz CT molecular complexity index is 1020. The molecule has 0 radical (unpaired) electrons. The number of hydrogen-bond donors (Lipinski definition) is 2. The first-order valence-electron chi connectivity index (χ1n) is 10.5. The van der Waals surface area contributed by atoms with Crippen molar-refractivity contribution in [1.82, 2.24) is 14.9 Å². The number of ether oxygens (including phenoxy) is 2. The number of hydrogen-bond acceptors (Lipinski definition) is 4. The number of nitrogens with one attached hydrogen (secondary N) is 2. The predicted molar refractivity (Wildman–Crippen MR) is 141 cm³/mol. The first-order chi connectivity index (χ1) is 15.1. The summed E-state index contributed by atoms with van der Waals surface area (Å²) in [5, 5.41) is 6.64. The number of anilines is 1. The molecule has 0 atom stereocenters. The third-order valence-electron chi connectivity index (χ3n) is 4.76. The molecule has 0 aliphatic carbocycles. The van der Waals surface area contributed by atoms with E-state index in [1.54, 1.807) is 7.11 Å². The fourth-order valence-electron chi connectivity index (χ4n) is 3.23. The molecular formula is C24H32IN5O2. The quantitative estimate of drug-likeness (QED) is 0.227. The molecule has 2 N–H and O–H groups in total. The van der Waals surface area contributed by atoms with Crippen LogP contribution in [0.25, 0.3) is 0 Å². The molecule has 0 saturated heterocycles. The van der Waals surface area contributed by atoms with Gasteiger partial charge in [-0.1, -0.05) is 24.3 Å². The Morgan fingerprint density at radius 3 is 2.59 bits per heavy atom. The van der Waals surface area contributed by atoms with Gasteiger partial charge in [-0.25, -0.2) is 9.98 Å². The molecule has 0 aliphatic heterocycles. The van der Waals surface area contributed by atoms with Gasteiger partial charge in [0.25, 0.3) is 0 Å². The first kappa shape index (κ1) is 25.5. The molecule has 0 saturated carbocycles. The molecule has 1 aromatic heterocycles. The Balaban J connectivity index is 0.00000363. The van der Waals surface area contributed by atoms with E-state index in [2.05, 4.69) is 44.5 Å². The number of aryl methyl sites for hydroxylation is 1. The topological polar surface area (TPSA) is 72.7 Å². The van der Waals surface area contributed by atoms with Crippen LogP contribution in [0.2, 0.25) is 0 Å². The minimum absolute atomic E-state index is 0. The number of rotatable bonds is 9. The fourth-order valence-corrected chi connectivity index (χ4v) is 3.23. The molecule has 3 aromatic rings. The summed E-state index contributed by atoms with van der Waals surface area (Å²) in [5.41, 5.74) is 3.25. The van der Waals surface area contributed by atoms with Crippen LogP contribution in [0.5, 0.6) is 11.5 Å². The highest BCUT2D eigenvalue weighted by molar-refractivity contribution is 14.0. The van der Waals surface area contributed by atoms with Crippen LogP contribution in [0.4, 0.5) is 5.69 Å². The standard InChI is InChI=1S/C24H31N5O2.HI/c1-5-25-24(28-21-10-11-22(31-6-2)23(15-21)30-4)27-16-19-8-7-9-20(14-19)17-29-13-12-26-18(29)3;/h7-15H,5-6,16-17H2,1-4H3,(H2,25,27,28);1H. The molecule has 0 unspecified atom stereocenters. The van der Waals surface area contributed by atoms with Crippen LogP contribution in [0.15, 0.2) is 59.9 Å². The molecule has 172 valence electrons. The number of imidazole rings is 1. The van der Waals surface area contributed by atoms with Gasteiger partial charge in [0.2, 0.25) is 0 Å². The van der Waals surface area contributed by atoms with Gasteiger partial charge in [0, 0.05) is 37.2 Å². The monoisotopic (exact) mass is 549 g/mol. The van der Waals surface area contributed by atoms with E-state index in [4.69, 9.17) is 14.5 Å². The second kappa shape index (κ2) is 12.9. The first-order valence-corrected chi connectivity index (χ1v) is 10.5. The SMILES string of the molecule is CCNC(=NCc1cccc(Cn2ccnc2C)c1)Nc1ccc(OCC)c(OC)c1.I. The van der Waals surface area contributed by atoms with Gasteiger partial charge in [-0.2, -0.15) is 0 Å². The van der Waals surface area contributed by atoms with Crippen LogP contribution in [0, 0.1) is 6.92 Å². The van der Waals surface area contributed by atoms with Crippen molar-refractivity contribution < 1.29 is 9.47 Å². The minimum Gasteiger partial charge on any atom is -0.493 e. The van der Waals surface area contributed by atoms with E-state index >= 15 is 0 Å². The highest BCUT2D eigenvalue weighted by Crippen LogP contribution is 2.30. The van der Waals surface area contributed by atoms with Crippen LogP contribution >= 0.6 is 24.0 Å². The summed E-state index contributed by atoms with van der Waals surface area (Å²) in [6.45, 7) is 8.73. The van der Waals surface area contributed by atoms with Gasteiger partial charge >= 0.3 is 0 Å². The summed E-state index contributed by atoms with van der Waals surface area (Å²) in [5.74, 6) is 3.13. The molecule has 0 fully saturated rings. The van der Waals surface area contributed by atoms with Crippen LogP contribution in [-0.4, -0.2) is 35.8 Å². The molecular weight excluding hydrogens is 517 g/mol. The lowest BCUT2D eigenvalue weighted by Gasteiger charge is -2.14. The highest BCUT2D eigenvalue weighted by atomic mass is 127. The van der Waals surface area contributed by atoms with E-state index in [0.29, 0.717) is 24.9 Å². The number of aromatic nitrogens is 2. The number of halogens is 1. The minimum atomic E-state index is 0. The number of methoxy groups -OCH3 is 1. The van der Waals surface area contributed by atoms with Crippen molar-refractivity contribution in [1.29, 1.82) is 0 Å². The summed E-state index contributed by atoms with van der Waals surface area (Å²) in [4.78, 5) is 9.04. The van der Waals surface area contributed by atoms with Crippen LogP contribution in [-0.2, 0) is 13.1 Å². The molecule has 3 rings (SSSR count). The Morgan fingerprint density at radius 2 is 1.91 bits per heavy atom. The van der Waals surface area contributed by atoms with E-state index < -0.39 is 0 Å². The summed E-state index contributed by atoms with van der Waals surface area (Å²) in [6.07, 6.45) is 3.83. The fraction of sp³-hybridized carbons (Fsp3) is 0.333. The molecule has 8 heteroatoms. The number of aliphatic imine (C=N–C) groups is 1. The van der Waals surface area contributed by atoms with Gasteiger partial charge in [0.15, 0.2) is 17.5 Å². The molecule has 2 aromatic carbocycles. The van der Waals surface area contributed by atoms with Gasteiger partial charge in [0.05, 0.1) is 20.3 Å². The molecule has 32 heavy (non-hydrogen) atoms. The predicted octanol–water partition coefficient (Wildman–Crippen LogP) is 4.84. The van der Waals surface area contributed by atoms with Crippen molar-refractivity contribution in [3.63, 3.8) is 0 Å². The van der Waals surface area contributed by atoms with Gasteiger partial charge in [-0.3, -0.25) is 0 Å². The van der Waals surface area contributed by atoms with E-state index in [0.717, 1.165) is 35.9 Å². The lowest BCUT2D eigenvalue weighted by atomic mass is 10.1. The third kappa shape index (κ3) is 7.15. The normalized spacial score (nSPS) is 10.9. The number of guanidine groups is 1. The largest absolute Gasteiger partial charge is 0.493 e. The molecule has 1 heterocycles. The van der Waals surface area contributed by atoms with Crippen LogP contribution in [0.3, 0.4) is 0 Å². The zero-order valence-corrected chi connectivity index (χ0v) is 21.4. The average molecular weight is 549 g/mol. The lowest BCUT2D eigenvalue weighted by molar-refractivity contribution is 0.311. The van der Waals surface area contributed by atoms with Crippen LogP contribution in [0.1, 0.15) is 30.8 Å². The molecule has 0 bridgehead atoms. The Kier molecular flexibility index (Phi) is 10.3. The summed E-state index contributed by atoms with van der Waals surface area (Å²) in [6, 6.07) is 14.2. The second-order valence-corrected chi connectivity index (χ2v) is 7.04. The van der Waals surface area contributed by atoms with Gasteiger partial charge < -0.3 is 24.7 Å². The lowest BCUT2D eigenvalue weighted by Crippen LogP contribution is -2.30. The maximum absolute atomic E-state index is 5.59. The van der Waals surface area contributed by atoms with E-state index in [1.165, 1.54) is 5.56 Å². The van der Waals surface area contributed by atoms with E-state index in [1.807, 2.05) is 51.4 Å². The molecule has 0 aliphatic rings. The third-order valence-corrected chi connectivity index (χ3v) is 4.76. The maximum atomic E-state index is 5.59. The number of nitrogens with zero attached hydrogens (tertiary/aromatic N) is 3. The zero-order chi connectivity index (χ0) is 22.1. The van der Waals surface area contributed by atoms with Gasteiger partial charge in [-0.05, 0) is 44.0 Å². The highest BCUT2D eigenvalue weighted by Gasteiger charge is 2.07. The maximum Gasteiger partial charge on any atom is 0.196 e. The van der Waals surface area contributed by atoms with Crippen molar-refractivity contribution >= 4 is 35.6 Å².